The molecule has 1 fully saturated rings. The van der Waals surface area contributed by atoms with Crippen molar-refractivity contribution in [1.82, 2.24) is 20.0 Å². The lowest BCUT2D eigenvalue weighted by Crippen LogP contribution is -2.40. The fourth-order valence-electron chi connectivity index (χ4n) is 3.32. The van der Waals surface area contributed by atoms with Crippen LogP contribution >= 0.6 is 11.8 Å². The molecule has 1 saturated heterocycles. The minimum atomic E-state index is -0.508. The van der Waals surface area contributed by atoms with Crippen LogP contribution in [0.25, 0.3) is 0 Å². The predicted octanol–water partition coefficient (Wildman–Crippen LogP) is 1.82. The number of methoxy groups -OCH3 is 1. The van der Waals surface area contributed by atoms with E-state index in [9.17, 15) is 5.11 Å². The highest BCUT2D eigenvalue weighted by Crippen LogP contribution is 2.28. The maximum atomic E-state index is 10.3. The molecule has 8 heteroatoms. The molecule has 1 atom stereocenters. The summed E-state index contributed by atoms with van der Waals surface area (Å²) in [4.78, 5) is 2.29. The van der Waals surface area contributed by atoms with Gasteiger partial charge in [-0.3, -0.25) is 9.58 Å². The molecule has 2 heterocycles. The van der Waals surface area contributed by atoms with Crippen LogP contribution in [0.4, 0.5) is 0 Å². The molecule has 2 N–H and O–H groups in total. The number of β-amino-alcohol motifs (C(OH)–C–C–N with tert-alkyl or cyclic N) is 1. The number of ether oxygens (including phenoxy) is 2. The second-order valence-corrected chi connectivity index (χ2v) is 8.57. The molecule has 0 saturated carbocycles. The highest BCUT2D eigenvalue weighted by molar-refractivity contribution is 7.99. The zero-order valence-corrected chi connectivity index (χ0v) is 18.4. The van der Waals surface area contributed by atoms with Gasteiger partial charge in [0.15, 0.2) is 11.5 Å². The maximum Gasteiger partial charge on any atom is 0.161 e. The third-order valence-corrected chi connectivity index (χ3v) is 6.16. The number of rotatable bonds is 10. The van der Waals surface area contributed by atoms with E-state index in [1.165, 1.54) is 11.3 Å². The van der Waals surface area contributed by atoms with Gasteiger partial charge in [0.25, 0.3) is 0 Å². The van der Waals surface area contributed by atoms with Gasteiger partial charge in [-0.2, -0.15) is 16.9 Å². The average molecular weight is 421 g/mol. The molecule has 0 aliphatic carbocycles. The van der Waals surface area contributed by atoms with Gasteiger partial charge in [-0.15, -0.1) is 0 Å². The Morgan fingerprint density at radius 2 is 2.03 bits per heavy atom. The van der Waals surface area contributed by atoms with E-state index in [1.807, 2.05) is 47.9 Å². The third-order valence-electron chi connectivity index (χ3n) is 5.21. The summed E-state index contributed by atoms with van der Waals surface area (Å²) in [5.41, 5.74) is 3.48. The molecule has 3 rings (SSSR count). The topological polar surface area (TPSA) is 71.8 Å². The summed E-state index contributed by atoms with van der Waals surface area (Å²) in [7, 11) is 3.59. The first kappa shape index (κ1) is 22.0. The molecule has 0 amide bonds. The third kappa shape index (κ3) is 6.37. The fourth-order valence-corrected chi connectivity index (χ4v) is 4.30. The number of hydrogen-bond donors (Lipinski definition) is 2. The average Bonchev–Trinajstić information content (AvgIpc) is 3.05. The molecule has 0 bridgehead atoms. The van der Waals surface area contributed by atoms with Gasteiger partial charge < -0.3 is 19.9 Å². The van der Waals surface area contributed by atoms with Crippen molar-refractivity contribution in [3.63, 3.8) is 0 Å². The molecule has 160 valence electrons. The first-order chi connectivity index (χ1) is 14.1. The summed E-state index contributed by atoms with van der Waals surface area (Å²) in [6.45, 7) is 6.53. The Labute approximate surface area is 177 Å². The second kappa shape index (κ2) is 10.9. The number of aliphatic hydroxyl groups excluding tert-OH is 1. The van der Waals surface area contributed by atoms with Gasteiger partial charge in [-0.25, -0.2) is 0 Å². The van der Waals surface area contributed by atoms with E-state index in [4.69, 9.17) is 9.47 Å². The molecule has 0 radical (unpaired) electrons. The number of aromatic nitrogens is 2. The summed E-state index contributed by atoms with van der Waals surface area (Å²) in [5, 5.41) is 18.0. The van der Waals surface area contributed by atoms with Crippen LogP contribution in [0.2, 0.25) is 0 Å². The van der Waals surface area contributed by atoms with Crippen molar-refractivity contribution >= 4 is 11.8 Å². The van der Waals surface area contributed by atoms with Gasteiger partial charge >= 0.3 is 0 Å². The molecule has 1 aromatic carbocycles. The lowest BCUT2D eigenvalue weighted by Gasteiger charge is -2.28. The Morgan fingerprint density at radius 1 is 1.24 bits per heavy atom. The molecule has 29 heavy (non-hydrogen) atoms. The van der Waals surface area contributed by atoms with Crippen LogP contribution in [0.5, 0.6) is 11.5 Å². The van der Waals surface area contributed by atoms with Gasteiger partial charge in [-0.05, 0) is 24.6 Å². The summed E-state index contributed by atoms with van der Waals surface area (Å²) in [6.07, 6.45) is 1.39. The van der Waals surface area contributed by atoms with E-state index in [0.717, 1.165) is 43.2 Å². The highest BCUT2D eigenvalue weighted by atomic mass is 32.2. The van der Waals surface area contributed by atoms with Gasteiger partial charge in [0.1, 0.15) is 12.7 Å². The second-order valence-electron chi connectivity index (χ2n) is 7.35. The van der Waals surface area contributed by atoms with Crippen molar-refractivity contribution < 1.29 is 14.6 Å². The predicted molar refractivity (Wildman–Crippen MR) is 117 cm³/mol. The van der Waals surface area contributed by atoms with E-state index in [-0.39, 0.29) is 6.61 Å². The normalized spacial score (nSPS) is 16.0. The smallest absolute Gasteiger partial charge is 0.161 e. The lowest BCUT2D eigenvalue weighted by molar-refractivity contribution is 0.0705. The number of nitrogens with zero attached hydrogens (tertiary/aromatic N) is 3. The van der Waals surface area contributed by atoms with Crippen LogP contribution < -0.4 is 14.8 Å². The monoisotopic (exact) mass is 420 g/mol. The van der Waals surface area contributed by atoms with Crippen LogP contribution in [0.3, 0.4) is 0 Å². The SMILES string of the molecule is COc1cc(CNCc2cnn(C)c2C)ccc1OC[C@@H](O)CN1CCSCC1. The van der Waals surface area contributed by atoms with Crippen LogP contribution in [-0.4, -0.2) is 70.7 Å². The molecule has 1 aliphatic rings. The van der Waals surface area contributed by atoms with Gasteiger partial charge in [0, 0.05) is 62.5 Å². The number of benzene rings is 1. The van der Waals surface area contributed by atoms with Crippen molar-refractivity contribution in [1.29, 1.82) is 0 Å². The summed E-state index contributed by atoms with van der Waals surface area (Å²) >= 11 is 1.97. The highest BCUT2D eigenvalue weighted by Gasteiger charge is 2.16. The number of aliphatic hydroxyl groups is 1. The lowest BCUT2D eigenvalue weighted by atomic mass is 10.2. The zero-order valence-electron chi connectivity index (χ0n) is 17.6. The Morgan fingerprint density at radius 3 is 2.72 bits per heavy atom. The van der Waals surface area contributed by atoms with Crippen molar-refractivity contribution in [2.45, 2.75) is 26.1 Å². The van der Waals surface area contributed by atoms with E-state index >= 15 is 0 Å². The van der Waals surface area contributed by atoms with E-state index in [1.54, 1.807) is 7.11 Å². The minimum Gasteiger partial charge on any atom is -0.493 e. The van der Waals surface area contributed by atoms with E-state index in [2.05, 4.69) is 22.2 Å². The van der Waals surface area contributed by atoms with Crippen molar-refractivity contribution in [3.05, 3.63) is 41.2 Å². The van der Waals surface area contributed by atoms with Crippen LogP contribution in [-0.2, 0) is 20.1 Å². The number of nitrogens with one attached hydrogen (secondary N) is 1. The zero-order chi connectivity index (χ0) is 20.6. The van der Waals surface area contributed by atoms with Gasteiger partial charge in [0.05, 0.1) is 13.3 Å². The Bertz CT molecular complexity index is 777. The number of thioether (sulfide) groups is 1. The quantitative estimate of drug-likeness (QED) is 0.607. The van der Waals surface area contributed by atoms with Crippen LogP contribution in [0.1, 0.15) is 16.8 Å². The van der Waals surface area contributed by atoms with Gasteiger partial charge in [0.2, 0.25) is 0 Å². The Hall–Kier alpha value is -1.74. The number of hydrogen-bond acceptors (Lipinski definition) is 7. The molecular weight excluding hydrogens is 388 g/mol. The number of aryl methyl sites for hydroxylation is 1. The summed E-state index contributed by atoms with van der Waals surface area (Å²) in [5.74, 6) is 3.62. The van der Waals surface area contributed by atoms with Crippen molar-refractivity contribution in [2.75, 3.05) is 44.9 Å². The molecule has 0 spiro atoms. The van der Waals surface area contributed by atoms with Crippen molar-refractivity contribution in [2.24, 2.45) is 7.05 Å². The standard InChI is InChI=1S/C21H32N4O3S/c1-16-18(13-23-24(16)2)12-22-11-17-4-5-20(21(10-17)27-3)28-15-19(26)14-25-6-8-29-9-7-25/h4-5,10,13,19,22,26H,6-9,11-12,14-15H2,1-3H3/t19-/m0/s1. The van der Waals surface area contributed by atoms with Crippen LogP contribution in [0.15, 0.2) is 24.4 Å². The molecular formula is C21H32N4O3S. The summed E-state index contributed by atoms with van der Waals surface area (Å²) in [6, 6.07) is 5.91. The molecule has 0 unspecified atom stereocenters. The summed E-state index contributed by atoms with van der Waals surface area (Å²) < 4.78 is 13.2. The van der Waals surface area contributed by atoms with Crippen molar-refractivity contribution in [3.8, 4) is 11.5 Å². The molecule has 2 aromatic rings. The van der Waals surface area contributed by atoms with E-state index < -0.39 is 6.10 Å². The molecule has 7 nitrogen and oxygen atoms in total. The molecule has 1 aliphatic heterocycles. The first-order valence-electron chi connectivity index (χ1n) is 10.0. The fraction of sp³-hybridized carbons (Fsp3) is 0.571. The first-order valence-corrected chi connectivity index (χ1v) is 11.2. The van der Waals surface area contributed by atoms with E-state index in [0.29, 0.717) is 18.0 Å². The van der Waals surface area contributed by atoms with Gasteiger partial charge in [-0.1, -0.05) is 6.07 Å². The molecule has 1 aromatic heterocycles. The minimum absolute atomic E-state index is 0.262. The largest absolute Gasteiger partial charge is 0.493 e. The maximum absolute atomic E-state index is 10.3. The Balaban J connectivity index is 1.48. The Kier molecular flexibility index (Phi) is 8.23. The van der Waals surface area contributed by atoms with Crippen LogP contribution in [0, 0.1) is 6.92 Å².